The van der Waals surface area contributed by atoms with Crippen molar-refractivity contribution in [3.05, 3.63) is 11.6 Å². The average Bonchev–Trinajstić information content (AvgIpc) is 2.02. The SMILES string of the molecule is CC(=O)C1CC=C(C[Si](C)(C)C)CC1. The second kappa shape index (κ2) is 4.43. The molecule has 0 saturated carbocycles. The van der Waals surface area contributed by atoms with Gasteiger partial charge in [-0.2, -0.15) is 0 Å². The molecule has 1 aliphatic carbocycles. The Morgan fingerprint density at radius 1 is 1.50 bits per heavy atom. The highest BCUT2D eigenvalue weighted by molar-refractivity contribution is 6.76. The summed E-state index contributed by atoms with van der Waals surface area (Å²) in [5.41, 5.74) is 1.61. The van der Waals surface area contributed by atoms with Crippen LogP contribution in [0.1, 0.15) is 26.2 Å². The fourth-order valence-electron chi connectivity index (χ4n) is 2.10. The first-order valence-electron chi connectivity index (χ1n) is 5.57. The lowest BCUT2D eigenvalue weighted by Crippen LogP contribution is -2.22. The molecule has 2 heteroatoms. The molecule has 0 spiro atoms. The molecule has 0 aromatic heterocycles. The predicted octanol–water partition coefficient (Wildman–Crippen LogP) is 3.64. The zero-order valence-electron chi connectivity index (χ0n) is 9.89. The highest BCUT2D eigenvalue weighted by Gasteiger charge is 2.21. The molecule has 0 aromatic rings. The van der Waals surface area contributed by atoms with Crippen LogP contribution in [0.25, 0.3) is 0 Å². The summed E-state index contributed by atoms with van der Waals surface area (Å²) in [6.07, 6.45) is 5.57. The van der Waals surface area contributed by atoms with Crippen LogP contribution < -0.4 is 0 Å². The Bertz CT molecular complexity index is 248. The van der Waals surface area contributed by atoms with E-state index in [4.69, 9.17) is 0 Å². The van der Waals surface area contributed by atoms with Crippen LogP contribution in [-0.2, 0) is 4.79 Å². The van der Waals surface area contributed by atoms with Crippen LogP contribution in [-0.4, -0.2) is 13.9 Å². The van der Waals surface area contributed by atoms with E-state index >= 15 is 0 Å². The Hall–Kier alpha value is -0.373. The summed E-state index contributed by atoms with van der Waals surface area (Å²) in [4.78, 5) is 11.2. The third kappa shape index (κ3) is 3.78. The quantitative estimate of drug-likeness (QED) is 0.513. The summed E-state index contributed by atoms with van der Waals surface area (Å²) in [7, 11) is -0.947. The van der Waals surface area contributed by atoms with Crippen LogP contribution in [0, 0.1) is 5.92 Å². The fraction of sp³-hybridized carbons (Fsp3) is 0.750. The molecular formula is C12H22OSi. The fourth-order valence-corrected chi connectivity index (χ4v) is 3.78. The molecule has 1 nitrogen and oxygen atoms in total. The zero-order valence-corrected chi connectivity index (χ0v) is 10.9. The van der Waals surface area contributed by atoms with Crippen molar-refractivity contribution in [2.75, 3.05) is 0 Å². The van der Waals surface area contributed by atoms with E-state index < -0.39 is 8.07 Å². The van der Waals surface area contributed by atoms with E-state index in [0.29, 0.717) is 11.7 Å². The van der Waals surface area contributed by atoms with Gasteiger partial charge in [-0.1, -0.05) is 31.3 Å². The van der Waals surface area contributed by atoms with Gasteiger partial charge < -0.3 is 0 Å². The summed E-state index contributed by atoms with van der Waals surface area (Å²) in [5.74, 6) is 0.689. The molecule has 0 aromatic carbocycles. The van der Waals surface area contributed by atoms with E-state index in [1.165, 1.54) is 6.04 Å². The molecule has 0 fully saturated rings. The highest BCUT2D eigenvalue weighted by Crippen LogP contribution is 2.29. The Balaban J connectivity index is 2.49. The van der Waals surface area contributed by atoms with E-state index in [-0.39, 0.29) is 0 Å². The van der Waals surface area contributed by atoms with Gasteiger partial charge in [0.1, 0.15) is 5.78 Å². The smallest absolute Gasteiger partial charge is 0.133 e. The molecule has 0 aliphatic heterocycles. The number of allylic oxidation sites excluding steroid dienone is 2. The molecule has 1 atom stereocenters. The van der Waals surface area contributed by atoms with Crippen LogP contribution in [0.15, 0.2) is 11.6 Å². The number of rotatable bonds is 3. The maximum atomic E-state index is 11.2. The summed E-state index contributed by atoms with van der Waals surface area (Å²) >= 11 is 0. The predicted molar refractivity (Wildman–Crippen MR) is 64.3 cm³/mol. The van der Waals surface area contributed by atoms with Crippen molar-refractivity contribution < 1.29 is 4.79 Å². The number of carbonyl (C=O) groups is 1. The second-order valence-corrected chi connectivity index (χ2v) is 11.2. The monoisotopic (exact) mass is 210 g/mol. The zero-order chi connectivity index (χ0) is 10.8. The van der Waals surface area contributed by atoms with Gasteiger partial charge >= 0.3 is 0 Å². The molecular weight excluding hydrogens is 188 g/mol. The Morgan fingerprint density at radius 2 is 2.14 bits per heavy atom. The normalized spacial score (nSPS) is 23.1. The molecule has 0 N–H and O–H groups in total. The van der Waals surface area contributed by atoms with Crippen molar-refractivity contribution in [2.24, 2.45) is 5.92 Å². The first-order chi connectivity index (χ1) is 6.38. The number of hydrogen-bond donors (Lipinski definition) is 0. The van der Waals surface area contributed by atoms with Crippen molar-refractivity contribution in [1.29, 1.82) is 0 Å². The van der Waals surface area contributed by atoms with Crippen molar-refractivity contribution in [3.63, 3.8) is 0 Å². The van der Waals surface area contributed by atoms with Gasteiger partial charge in [-0.3, -0.25) is 4.79 Å². The minimum absolute atomic E-state index is 0.320. The lowest BCUT2D eigenvalue weighted by atomic mass is 9.88. The first-order valence-corrected chi connectivity index (χ1v) is 9.27. The standard InChI is InChI=1S/C12H22OSi/c1-10(13)12-7-5-11(6-8-12)9-14(2,3)4/h5,12H,6-9H2,1-4H3. The number of carbonyl (C=O) groups excluding carboxylic acids is 1. The third-order valence-electron chi connectivity index (χ3n) is 2.84. The molecule has 1 rings (SSSR count). The molecule has 80 valence electrons. The Kier molecular flexibility index (Phi) is 3.70. The van der Waals surface area contributed by atoms with E-state index in [9.17, 15) is 4.79 Å². The third-order valence-corrected chi connectivity index (χ3v) is 4.35. The van der Waals surface area contributed by atoms with Gasteiger partial charge in [-0.25, -0.2) is 0 Å². The lowest BCUT2D eigenvalue weighted by molar-refractivity contribution is -0.120. The van der Waals surface area contributed by atoms with Crippen molar-refractivity contribution in [2.45, 2.75) is 51.9 Å². The first kappa shape index (κ1) is 11.7. The lowest BCUT2D eigenvalue weighted by Gasteiger charge is -2.24. The summed E-state index contributed by atoms with van der Waals surface area (Å²) in [5, 5.41) is 0. The van der Waals surface area contributed by atoms with Crippen LogP contribution >= 0.6 is 0 Å². The average molecular weight is 210 g/mol. The van der Waals surface area contributed by atoms with Gasteiger partial charge in [0.15, 0.2) is 0 Å². The van der Waals surface area contributed by atoms with Gasteiger partial charge in [0, 0.05) is 14.0 Å². The topological polar surface area (TPSA) is 17.1 Å². The van der Waals surface area contributed by atoms with Gasteiger partial charge in [0.05, 0.1) is 0 Å². The maximum absolute atomic E-state index is 11.2. The molecule has 0 saturated heterocycles. The van der Waals surface area contributed by atoms with Crippen LogP contribution in [0.4, 0.5) is 0 Å². The second-order valence-electron chi connectivity index (χ2n) is 5.68. The van der Waals surface area contributed by atoms with E-state index in [1.54, 1.807) is 12.5 Å². The van der Waals surface area contributed by atoms with Gasteiger partial charge in [-0.05, 0) is 32.2 Å². The minimum atomic E-state index is -0.947. The Morgan fingerprint density at radius 3 is 2.50 bits per heavy atom. The van der Waals surface area contributed by atoms with Crippen molar-refractivity contribution in [1.82, 2.24) is 0 Å². The van der Waals surface area contributed by atoms with Crippen molar-refractivity contribution in [3.8, 4) is 0 Å². The largest absolute Gasteiger partial charge is 0.300 e. The van der Waals surface area contributed by atoms with Crippen LogP contribution in [0.5, 0.6) is 0 Å². The van der Waals surface area contributed by atoms with E-state index in [1.807, 2.05) is 0 Å². The molecule has 0 amide bonds. The summed E-state index contributed by atoms with van der Waals surface area (Å²) in [6.45, 7) is 8.95. The minimum Gasteiger partial charge on any atom is -0.300 e. The maximum Gasteiger partial charge on any atom is 0.133 e. The molecule has 0 radical (unpaired) electrons. The van der Waals surface area contributed by atoms with Crippen LogP contribution in [0.3, 0.4) is 0 Å². The van der Waals surface area contributed by atoms with E-state index in [2.05, 4.69) is 25.7 Å². The molecule has 0 bridgehead atoms. The van der Waals surface area contributed by atoms with Crippen LogP contribution in [0.2, 0.25) is 25.7 Å². The molecule has 0 heterocycles. The van der Waals surface area contributed by atoms with Gasteiger partial charge in [0.25, 0.3) is 0 Å². The molecule has 1 aliphatic rings. The molecule has 1 unspecified atom stereocenters. The van der Waals surface area contributed by atoms with Gasteiger partial charge in [0.2, 0.25) is 0 Å². The summed E-state index contributed by atoms with van der Waals surface area (Å²) < 4.78 is 0. The number of hydrogen-bond acceptors (Lipinski definition) is 1. The summed E-state index contributed by atoms with van der Waals surface area (Å²) in [6, 6.07) is 1.32. The Labute approximate surface area is 88.6 Å². The van der Waals surface area contributed by atoms with Gasteiger partial charge in [-0.15, -0.1) is 0 Å². The number of Topliss-reactive ketones (excluding diaryl/α,β-unsaturated/α-hetero) is 1. The molecule has 14 heavy (non-hydrogen) atoms. The van der Waals surface area contributed by atoms with Crippen molar-refractivity contribution >= 4 is 13.9 Å². The van der Waals surface area contributed by atoms with E-state index in [0.717, 1.165) is 19.3 Å². The number of ketones is 1. The highest BCUT2D eigenvalue weighted by atomic mass is 28.3.